The van der Waals surface area contributed by atoms with Gasteiger partial charge in [-0.05, 0) is 18.6 Å². The van der Waals surface area contributed by atoms with E-state index in [1.54, 1.807) is 30.3 Å². The van der Waals surface area contributed by atoms with E-state index in [9.17, 15) is 13.6 Å². The largest absolute Gasteiger partial charge is 0.364 e. The van der Waals surface area contributed by atoms with E-state index in [4.69, 9.17) is 4.84 Å². The van der Waals surface area contributed by atoms with Crippen molar-refractivity contribution in [2.45, 2.75) is 18.8 Å². The topological polar surface area (TPSA) is 29.5 Å². The summed E-state index contributed by atoms with van der Waals surface area (Å²) in [6, 6.07) is 8.54. The van der Waals surface area contributed by atoms with Gasteiger partial charge in [0.2, 0.25) is 0 Å². The zero-order chi connectivity index (χ0) is 12.8. The van der Waals surface area contributed by atoms with E-state index in [2.05, 4.69) is 0 Å². The summed E-state index contributed by atoms with van der Waals surface area (Å²) >= 11 is 0. The zero-order valence-electron chi connectivity index (χ0n) is 9.73. The summed E-state index contributed by atoms with van der Waals surface area (Å²) in [5, 5.41) is 1.36. The van der Waals surface area contributed by atoms with Crippen molar-refractivity contribution in [2.24, 2.45) is 5.41 Å². The quantitative estimate of drug-likeness (QED) is 0.811. The standard InChI is InChI=1S/C13H13F2NO2/c14-13(15)8-12(13)6-7-16(9-12)18-11(17)10-4-2-1-3-5-10/h1-5H,6-9H2/t12-/m1/s1. The maximum atomic E-state index is 13.2. The molecule has 1 saturated carbocycles. The van der Waals surface area contributed by atoms with Crippen molar-refractivity contribution in [3.8, 4) is 0 Å². The van der Waals surface area contributed by atoms with Crippen molar-refractivity contribution < 1.29 is 18.4 Å². The Morgan fingerprint density at radius 1 is 1.28 bits per heavy atom. The predicted molar refractivity (Wildman–Crippen MR) is 60.0 cm³/mol. The number of benzene rings is 1. The van der Waals surface area contributed by atoms with Gasteiger partial charge in [0.15, 0.2) is 0 Å². The lowest BCUT2D eigenvalue weighted by Crippen LogP contribution is -2.26. The highest BCUT2D eigenvalue weighted by Crippen LogP contribution is 2.65. The molecule has 1 aliphatic carbocycles. The Bertz CT molecular complexity index is 477. The van der Waals surface area contributed by atoms with Gasteiger partial charge in [0, 0.05) is 19.5 Å². The molecule has 96 valence electrons. The van der Waals surface area contributed by atoms with Crippen LogP contribution >= 0.6 is 0 Å². The van der Waals surface area contributed by atoms with Crippen LogP contribution in [0.1, 0.15) is 23.2 Å². The van der Waals surface area contributed by atoms with Gasteiger partial charge in [0.05, 0.1) is 11.0 Å². The van der Waals surface area contributed by atoms with Gasteiger partial charge < -0.3 is 4.84 Å². The number of carbonyl (C=O) groups excluding carboxylic acids is 1. The van der Waals surface area contributed by atoms with Crippen LogP contribution in [-0.4, -0.2) is 30.0 Å². The molecular weight excluding hydrogens is 240 g/mol. The molecule has 0 radical (unpaired) electrons. The number of carbonyl (C=O) groups is 1. The van der Waals surface area contributed by atoms with Gasteiger partial charge in [-0.1, -0.05) is 18.2 Å². The van der Waals surface area contributed by atoms with E-state index in [1.807, 2.05) is 0 Å². The molecule has 1 spiro atoms. The Hall–Kier alpha value is -1.49. The summed E-state index contributed by atoms with van der Waals surface area (Å²) in [5.41, 5.74) is -0.509. The van der Waals surface area contributed by atoms with Crippen LogP contribution in [0.3, 0.4) is 0 Å². The van der Waals surface area contributed by atoms with E-state index >= 15 is 0 Å². The molecule has 0 aromatic heterocycles. The molecule has 0 unspecified atom stereocenters. The van der Waals surface area contributed by atoms with Crippen molar-refractivity contribution in [3.05, 3.63) is 35.9 Å². The Labute approximate surface area is 103 Å². The van der Waals surface area contributed by atoms with Crippen LogP contribution in [0.15, 0.2) is 30.3 Å². The Morgan fingerprint density at radius 3 is 2.50 bits per heavy atom. The number of hydroxylamine groups is 2. The fourth-order valence-corrected chi connectivity index (χ4v) is 2.48. The second-order valence-electron chi connectivity index (χ2n) is 5.02. The highest BCUT2D eigenvalue weighted by atomic mass is 19.3. The number of nitrogens with zero attached hydrogens (tertiary/aromatic N) is 1. The van der Waals surface area contributed by atoms with Crippen LogP contribution in [0.5, 0.6) is 0 Å². The third-order valence-corrected chi connectivity index (χ3v) is 3.75. The molecule has 1 aliphatic heterocycles. The van der Waals surface area contributed by atoms with Crippen LogP contribution in [0.25, 0.3) is 0 Å². The molecule has 2 aliphatic rings. The average molecular weight is 253 g/mol. The first-order chi connectivity index (χ1) is 8.52. The molecule has 0 bridgehead atoms. The first-order valence-electron chi connectivity index (χ1n) is 5.93. The van der Waals surface area contributed by atoms with Crippen molar-refractivity contribution in [1.82, 2.24) is 5.06 Å². The van der Waals surface area contributed by atoms with E-state index in [-0.39, 0.29) is 13.0 Å². The summed E-state index contributed by atoms with van der Waals surface area (Å²) in [4.78, 5) is 16.9. The number of rotatable bonds is 2. The van der Waals surface area contributed by atoms with E-state index in [0.717, 1.165) is 0 Å². The molecule has 5 heteroatoms. The highest BCUT2D eigenvalue weighted by Gasteiger charge is 2.73. The normalized spacial score (nSPS) is 29.4. The number of alkyl halides is 2. The monoisotopic (exact) mass is 253 g/mol. The average Bonchev–Trinajstić information content (AvgIpc) is 2.70. The minimum atomic E-state index is -2.58. The predicted octanol–water partition coefficient (Wildman–Crippen LogP) is 2.49. The third kappa shape index (κ3) is 1.79. The molecule has 3 nitrogen and oxygen atoms in total. The maximum absolute atomic E-state index is 13.2. The molecule has 2 fully saturated rings. The summed E-state index contributed by atoms with van der Waals surface area (Å²) in [6.07, 6.45) is 0.307. The first kappa shape index (κ1) is 11.6. The van der Waals surface area contributed by atoms with Crippen molar-refractivity contribution in [3.63, 3.8) is 0 Å². The Morgan fingerprint density at radius 2 is 1.94 bits per heavy atom. The minimum absolute atomic E-state index is 0.0839. The summed E-state index contributed by atoms with van der Waals surface area (Å²) in [5.74, 6) is -3.07. The smallest absolute Gasteiger partial charge is 0.357 e. The third-order valence-electron chi connectivity index (χ3n) is 3.75. The molecule has 0 N–H and O–H groups in total. The fourth-order valence-electron chi connectivity index (χ4n) is 2.48. The van der Waals surface area contributed by atoms with Gasteiger partial charge >= 0.3 is 5.97 Å². The zero-order valence-corrected chi connectivity index (χ0v) is 9.73. The van der Waals surface area contributed by atoms with Gasteiger partial charge in [-0.15, -0.1) is 5.06 Å². The van der Waals surface area contributed by atoms with Crippen LogP contribution in [0.4, 0.5) is 8.78 Å². The SMILES string of the molecule is O=C(ON1CC[C@]2(C1)CC2(F)F)c1ccccc1. The van der Waals surface area contributed by atoms with Crippen LogP contribution in [0, 0.1) is 5.41 Å². The van der Waals surface area contributed by atoms with Crippen LogP contribution < -0.4 is 0 Å². The van der Waals surface area contributed by atoms with Gasteiger partial charge in [-0.3, -0.25) is 0 Å². The molecule has 1 aromatic carbocycles. The van der Waals surface area contributed by atoms with Crippen LogP contribution in [0.2, 0.25) is 0 Å². The first-order valence-corrected chi connectivity index (χ1v) is 5.93. The van der Waals surface area contributed by atoms with Crippen molar-refractivity contribution in [2.75, 3.05) is 13.1 Å². The lowest BCUT2D eigenvalue weighted by molar-refractivity contribution is -0.0994. The molecule has 1 heterocycles. The van der Waals surface area contributed by atoms with Gasteiger partial charge in [-0.25, -0.2) is 13.6 Å². The summed E-state index contributed by atoms with van der Waals surface area (Å²) in [7, 11) is 0. The summed E-state index contributed by atoms with van der Waals surface area (Å²) < 4.78 is 26.3. The summed E-state index contributed by atoms with van der Waals surface area (Å²) in [6.45, 7) is 0.521. The number of hydrogen-bond acceptors (Lipinski definition) is 3. The fraction of sp³-hybridized carbons (Fsp3) is 0.462. The molecule has 3 rings (SSSR count). The van der Waals surface area contributed by atoms with E-state index < -0.39 is 17.3 Å². The lowest BCUT2D eigenvalue weighted by Gasteiger charge is -2.15. The number of halogens is 2. The van der Waals surface area contributed by atoms with Crippen molar-refractivity contribution >= 4 is 5.97 Å². The Kier molecular flexibility index (Phi) is 2.41. The molecule has 1 aromatic rings. The van der Waals surface area contributed by atoms with Gasteiger partial charge in [0.25, 0.3) is 5.92 Å². The van der Waals surface area contributed by atoms with E-state index in [0.29, 0.717) is 18.5 Å². The molecule has 1 atom stereocenters. The molecular formula is C13H13F2NO2. The van der Waals surface area contributed by atoms with Crippen LogP contribution in [-0.2, 0) is 4.84 Å². The second kappa shape index (κ2) is 3.75. The molecule has 18 heavy (non-hydrogen) atoms. The molecule has 1 saturated heterocycles. The van der Waals surface area contributed by atoms with E-state index in [1.165, 1.54) is 5.06 Å². The maximum Gasteiger partial charge on any atom is 0.357 e. The van der Waals surface area contributed by atoms with Gasteiger partial charge in [0.1, 0.15) is 0 Å². The highest BCUT2D eigenvalue weighted by molar-refractivity contribution is 5.89. The minimum Gasteiger partial charge on any atom is -0.364 e. The van der Waals surface area contributed by atoms with Crippen molar-refractivity contribution in [1.29, 1.82) is 0 Å². The number of hydrogen-bond donors (Lipinski definition) is 0. The molecule has 0 amide bonds. The Balaban J connectivity index is 1.61. The lowest BCUT2D eigenvalue weighted by atomic mass is 10.1. The second-order valence-corrected chi connectivity index (χ2v) is 5.02. The van der Waals surface area contributed by atoms with Gasteiger partial charge in [-0.2, -0.15) is 0 Å².